The van der Waals surface area contributed by atoms with Crippen LogP contribution < -0.4 is 25.0 Å². The highest BCUT2D eigenvalue weighted by molar-refractivity contribution is 6.40. The summed E-state index contributed by atoms with van der Waals surface area (Å²) in [5, 5.41) is 6.78. The van der Waals surface area contributed by atoms with Crippen LogP contribution in [0.2, 0.25) is 10.0 Å². The summed E-state index contributed by atoms with van der Waals surface area (Å²) in [7, 11) is 4.44. The number of halogens is 2. The fraction of sp³-hybridized carbons (Fsp3) is 0.167. The van der Waals surface area contributed by atoms with Crippen molar-refractivity contribution in [3.05, 3.63) is 45.9 Å². The lowest BCUT2D eigenvalue weighted by atomic mass is 10.2. The molecule has 0 atom stereocenters. The number of methoxy groups -OCH3 is 3. The monoisotopic (exact) mass is 425 g/mol. The van der Waals surface area contributed by atoms with Gasteiger partial charge in [0.05, 0.1) is 27.5 Å². The average Bonchev–Trinajstić information content (AvgIpc) is 2.66. The van der Waals surface area contributed by atoms with Gasteiger partial charge in [-0.2, -0.15) is 5.10 Å². The minimum atomic E-state index is -0.972. The maximum atomic E-state index is 11.9. The number of ether oxygens (including phenoxy) is 3. The molecular weight excluding hydrogens is 409 g/mol. The summed E-state index contributed by atoms with van der Waals surface area (Å²) in [5.41, 5.74) is 2.96. The minimum absolute atomic E-state index is 0.284. The lowest BCUT2D eigenvalue weighted by Gasteiger charge is -2.12. The van der Waals surface area contributed by atoms with E-state index in [1.165, 1.54) is 45.7 Å². The SMILES string of the molecule is COc1cc(/C=N/NC(=O)C(=O)Nc2cc(Cl)cc(Cl)c2)cc(OC)c1OC. The zero-order valence-electron chi connectivity index (χ0n) is 15.2. The number of benzene rings is 2. The van der Waals surface area contributed by atoms with E-state index in [4.69, 9.17) is 37.4 Å². The Balaban J connectivity index is 2.05. The number of hydrogen-bond acceptors (Lipinski definition) is 6. The van der Waals surface area contributed by atoms with E-state index >= 15 is 0 Å². The average molecular weight is 426 g/mol. The molecule has 0 fully saturated rings. The molecule has 2 N–H and O–H groups in total. The summed E-state index contributed by atoms with van der Waals surface area (Å²) >= 11 is 11.7. The number of carbonyl (C=O) groups is 2. The first-order chi connectivity index (χ1) is 13.4. The summed E-state index contributed by atoms with van der Waals surface area (Å²) in [4.78, 5) is 23.8. The molecule has 0 aliphatic heterocycles. The van der Waals surface area contributed by atoms with E-state index in [0.717, 1.165) is 0 Å². The van der Waals surface area contributed by atoms with Crippen LogP contribution in [-0.2, 0) is 9.59 Å². The van der Waals surface area contributed by atoms with Crippen molar-refractivity contribution < 1.29 is 23.8 Å². The molecule has 0 heterocycles. The number of rotatable bonds is 6. The number of anilines is 1. The van der Waals surface area contributed by atoms with Crippen LogP contribution in [0.4, 0.5) is 5.69 Å². The minimum Gasteiger partial charge on any atom is -0.493 e. The molecule has 28 heavy (non-hydrogen) atoms. The molecule has 2 rings (SSSR count). The molecule has 0 aromatic heterocycles. The molecular formula is C18H17Cl2N3O5. The lowest BCUT2D eigenvalue weighted by molar-refractivity contribution is -0.136. The quantitative estimate of drug-likeness (QED) is 0.420. The summed E-state index contributed by atoms with van der Waals surface area (Å²) in [5.74, 6) is -0.638. The number of nitrogens with one attached hydrogen (secondary N) is 2. The van der Waals surface area contributed by atoms with Gasteiger partial charge in [-0.05, 0) is 30.3 Å². The highest BCUT2D eigenvalue weighted by Gasteiger charge is 2.14. The summed E-state index contributed by atoms with van der Waals surface area (Å²) in [6.45, 7) is 0. The van der Waals surface area contributed by atoms with Gasteiger partial charge >= 0.3 is 11.8 Å². The maximum Gasteiger partial charge on any atom is 0.329 e. The second kappa shape index (κ2) is 9.82. The van der Waals surface area contributed by atoms with Crippen molar-refractivity contribution in [1.82, 2.24) is 5.43 Å². The fourth-order valence-electron chi connectivity index (χ4n) is 2.21. The van der Waals surface area contributed by atoms with Crippen LogP contribution in [0.3, 0.4) is 0 Å². The molecule has 0 aliphatic carbocycles. The zero-order valence-corrected chi connectivity index (χ0v) is 16.7. The van der Waals surface area contributed by atoms with Gasteiger partial charge < -0.3 is 19.5 Å². The first-order valence-electron chi connectivity index (χ1n) is 7.78. The van der Waals surface area contributed by atoms with Crippen LogP contribution in [0.5, 0.6) is 17.2 Å². The van der Waals surface area contributed by atoms with Crippen LogP contribution in [0.1, 0.15) is 5.56 Å². The number of hydrogen-bond donors (Lipinski definition) is 2. The molecule has 0 bridgehead atoms. The van der Waals surface area contributed by atoms with Gasteiger partial charge in [-0.25, -0.2) is 5.43 Å². The van der Waals surface area contributed by atoms with Crippen molar-refractivity contribution in [3.63, 3.8) is 0 Å². The number of amides is 2. The van der Waals surface area contributed by atoms with E-state index in [9.17, 15) is 9.59 Å². The fourth-order valence-corrected chi connectivity index (χ4v) is 2.73. The lowest BCUT2D eigenvalue weighted by Crippen LogP contribution is -2.32. The zero-order chi connectivity index (χ0) is 20.7. The molecule has 2 aromatic carbocycles. The Bertz CT molecular complexity index is 873. The van der Waals surface area contributed by atoms with Crippen LogP contribution in [0, 0.1) is 0 Å². The van der Waals surface area contributed by atoms with Gasteiger partial charge in [0.15, 0.2) is 11.5 Å². The maximum absolute atomic E-state index is 11.9. The molecule has 148 valence electrons. The Morgan fingerprint density at radius 1 is 0.893 bits per heavy atom. The summed E-state index contributed by atoms with van der Waals surface area (Å²) in [6, 6.07) is 7.67. The van der Waals surface area contributed by atoms with E-state index in [0.29, 0.717) is 32.9 Å². The predicted molar refractivity (Wildman–Crippen MR) is 107 cm³/mol. The number of nitrogens with zero attached hydrogens (tertiary/aromatic N) is 1. The van der Waals surface area contributed by atoms with Crippen molar-refractivity contribution in [2.45, 2.75) is 0 Å². The van der Waals surface area contributed by atoms with Crippen molar-refractivity contribution in [3.8, 4) is 17.2 Å². The Morgan fingerprint density at radius 3 is 1.96 bits per heavy atom. The standard InChI is InChI=1S/C18H17Cl2N3O5/c1-26-14-4-10(5-15(27-2)16(14)28-3)9-21-23-18(25)17(24)22-13-7-11(19)6-12(20)8-13/h4-9H,1-3H3,(H,22,24)(H,23,25)/b21-9+. The van der Waals surface area contributed by atoms with Gasteiger partial charge in [0.2, 0.25) is 5.75 Å². The Hall–Kier alpha value is -2.97. The second-order valence-corrected chi connectivity index (χ2v) is 6.14. The predicted octanol–water partition coefficient (Wildman–Crippen LogP) is 3.11. The molecule has 0 spiro atoms. The number of carbonyl (C=O) groups excluding carboxylic acids is 2. The molecule has 8 nitrogen and oxygen atoms in total. The van der Waals surface area contributed by atoms with Crippen LogP contribution in [0.25, 0.3) is 0 Å². The van der Waals surface area contributed by atoms with E-state index in [1.54, 1.807) is 12.1 Å². The first-order valence-corrected chi connectivity index (χ1v) is 8.54. The Morgan fingerprint density at radius 2 is 1.46 bits per heavy atom. The van der Waals surface area contributed by atoms with Crippen molar-refractivity contribution in [1.29, 1.82) is 0 Å². The van der Waals surface area contributed by atoms with Gasteiger partial charge in [0.1, 0.15) is 0 Å². The topological polar surface area (TPSA) is 98.2 Å². The van der Waals surface area contributed by atoms with Crippen LogP contribution in [0.15, 0.2) is 35.4 Å². The van der Waals surface area contributed by atoms with Crippen LogP contribution >= 0.6 is 23.2 Å². The van der Waals surface area contributed by atoms with Gasteiger partial charge in [-0.3, -0.25) is 9.59 Å². The highest BCUT2D eigenvalue weighted by atomic mass is 35.5. The summed E-state index contributed by atoms with van der Waals surface area (Å²) in [6.07, 6.45) is 1.33. The van der Waals surface area contributed by atoms with Gasteiger partial charge in [0.25, 0.3) is 0 Å². The molecule has 0 saturated heterocycles. The normalized spacial score (nSPS) is 10.5. The molecule has 0 aliphatic rings. The van der Waals surface area contributed by atoms with E-state index in [-0.39, 0.29) is 5.69 Å². The molecule has 2 amide bonds. The van der Waals surface area contributed by atoms with Crippen molar-refractivity contribution in [2.75, 3.05) is 26.6 Å². The van der Waals surface area contributed by atoms with E-state index in [2.05, 4.69) is 15.8 Å². The molecule has 0 radical (unpaired) electrons. The summed E-state index contributed by atoms with van der Waals surface area (Å²) < 4.78 is 15.7. The largest absolute Gasteiger partial charge is 0.493 e. The molecule has 0 unspecified atom stereocenters. The van der Waals surface area contributed by atoms with Crippen molar-refractivity contribution >= 4 is 46.9 Å². The highest BCUT2D eigenvalue weighted by Crippen LogP contribution is 2.37. The van der Waals surface area contributed by atoms with Crippen molar-refractivity contribution in [2.24, 2.45) is 5.10 Å². The Labute approximate surface area is 171 Å². The van der Waals surface area contributed by atoms with Gasteiger partial charge in [0, 0.05) is 21.3 Å². The second-order valence-electron chi connectivity index (χ2n) is 5.27. The van der Waals surface area contributed by atoms with Crippen LogP contribution in [-0.4, -0.2) is 39.4 Å². The molecule has 10 heteroatoms. The molecule has 0 saturated carbocycles. The number of hydrazone groups is 1. The van der Waals surface area contributed by atoms with E-state index in [1.807, 2.05) is 0 Å². The third kappa shape index (κ3) is 5.51. The van der Waals surface area contributed by atoms with E-state index < -0.39 is 11.8 Å². The van der Waals surface area contributed by atoms with Gasteiger partial charge in [-0.1, -0.05) is 23.2 Å². The third-order valence-electron chi connectivity index (χ3n) is 3.39. The Kier molecular flexibility index (Phi) is 7.48. The smallest absolute Gasteiger partial charge is 0.329 e. The third-order valence-corrected chi connectivity index (χ3v) is 3.83. The van der Waals surface area contributed by atoms with Gasteiger partial charge in [-0.15, -0.1) is 0 Å². The first kappa shape index (κ1) is 21.3. The molecule has 2 aromatic rings.